The molecule has 0 saturated heterocycles. The maximum atomic E-state index is 12.3. The number of amides is 2. The lowest BCUT2D eigenvalue weighted by Gasteiger charge is -2.18. The number of aliphatic carboxylic acids is 1. The Balaban J connectivity index is 1.50. The standard InChI is InChI=1S/C23H32N2O6/c26-19(17-10-12-20-18(15-17)25-22(28)16-31-20)11-13-21(27)24-14-8-6-4-2-1-3-5-7-9-23(29)30/h10,12,15H,1-9,11,13-14,16H2,(H,24,27)(H,25,28)(H,29,30). The van der Waals surface area contributed by atoms with Crippen LogP contribution in [0, 0.1) is 0 Å². The summed E-state index contributed by atoms with van der Waals surface area (Å²) in [6.07, 6.45) is 8.58. The predicted molar refractivity (Wildman–Crippen MR) is 116 cm³/mol. The molecular weight excluding hydrogens is 400 g/mol. The van der Waals surface area contributed by atoms with E-state index in [0.717, 1.165) is 51.4 Å². The molecule has 170 valence electrons. The summed E-state index contributed by atoms with van der Waals surface area (Å²) in [5, 5.41) is 14.1. The van der Waals surface area contributed by atoms with Crippen molar-refractivity contribution in [1.29, 1.82) is 0 Å². The molecule has 0 radical (unpaired) electrons. The van der Waals surface area contributed by atoms with Crippen LogP contribution in [0.25, 0.3) is 0 Å². The summed E-state index contributed by atoms with van der Waals surface area (Å²) in [6, 6.07) is 4.87. The van der Waals surface area contributed by atoms with Crippen LogP contribution in [0.15, 0.2) is 18.2 Å². The van der Waals surface area contributed by atoms with Crippen molar-refractivity contribution in [2.24, 2.45) is 0 Å². The van der Waals surface area contributed by atoms with E-state index in [0.29, 0.717) is 23.5 Å². The zero-order valence-corrected chi connectivity index (χ0v) is 17.9. The quantitative estimate of drug-likeness (QED) is 0.287. The molecule has 2 amide bonds. The van der Waals surface area contributed by atoms with Crippen molar-refractivity contribution in [3.63, 3.8) is 0 Å². The number of ketones is 1. The van der Waals surface area contributed by atoms with Crippen molar-refractivity contribution in [3.8, 4) is 5.75 Å². The van der Waals surface area contributed by atoms with Gasteiger partial charge >= 0.3 is 5.97 Å². The van der Waals surface area contributed by atoms with Gasteiger partial charge in [0.1, 0.15) is 5.75 Å². The molecule has 1 aliphatic rings. The van der Waals surface area contributed by atoms with Crippen LogP contribution >= 0.6 is 0 Å². The monoisotopic (exact) mass is 432 g/mol. The Morgan fingerprint density at radius 3 is 2.32 bits per heavy atom. The number of anilines is 1. The van der Waals surface area contributed by atoms with Crippen molar-refractivity contribution >= 4 is 29.3 Å². The summed E-state index contributed by atoms with van der Waals surface area (Å²) in [4.78, 5) is 46.1. The molecule has 3 N–H and O–H groups in total. The van der Waals surface area contributed by atoms with Crippen LogP contribution in [-0.4, -0.2) is 41.8 Å². The Morgan fingerprint density at radius 1 is 0.935 bits per heavy atom. The van der Waals surface area contributed by atoms with E-state index in [1.165, 1.54) is 0 Å². The average Bonchev–Trinajstić information content (AvgIpc) is 2.75. The van der Waals surface area contributed by atoms with Gasteiger partial charge in [-0.25, -0.2) is 0 Å². The zero-order chi connectivity index (χ0) is 22.5. The molecule has 0 aromatic heterocycles. The highest BCUT2D eigenvalue weighted by Crippen LogP contribution is 2.28. The fourth-order valence-corrected chi connectivity index (χ4v) is 3.41. The van der Waals surface area contributed by atoms with Crippen LogP contribution in [0.3, 0.4) is 0 Å². The maximum absolute atomic E-state index is 12.3. The fourth-order valence-electron chi connectivity index (χ4n) is 3.41. The van der Waals surface area contributed by atoms with E-state index in [1.807, 2.05) is 0 Å². The highest BCUT2D eigenvalue weighted by molar-refractivity contribution is 6.01. The van der Waals surface area contributed by atoms with Gasteiger partial charge in [-0.3, -0.25) is 19.2 Å². The van der Waals surface area contributed by atoms with Gasteiger partial charge in [0, 0.05) is 31.4 Å². The average molecular weight is 433 g/mol. The van der Waals surface area contributed by atoms with Crippen molar-refractivity contribution in [1.82, 2.24) is 5.32 Å². The number of benzene rings is 1. The molecule has 0 fully saturated rings. The Kier molecular flexibility index (Phi) is 10.5. The molecule has 0 spiro atoms. The van der Waals surface area contributed by atoms with Crippen LogP contribution in [-0.2, 0) is 14.4 Å². The minimum Gasteiger partial charge on any atom is -0.482 e. The Hall–Kier alpha value is -2.90. The van der Waals surface area contributed by atoms with Gasteiger partial charge < -0.3 is 20.5 Å². The van der Waals surface area contributed by atoms with Gasteiger partial charge in [-0.05, 0) is 31.0 Å². The second-order valence-corrected chi connectivity index (χ2v) is 7.79. The van der Waals surface area contributed by atoms with Gasteiger partial charge in [0.15, 0.2) is 12.4 Å². The van der Waals surface area contributed by atoms with Crippen LogP contribution in [0.4, 0.5) is 5.69 Å². The molecule has 0 aliphatic carbocycles. The number of rotatable bonds is 15. The number of carbonyl (C=O) groups is 4. The molecule has 0 unspecified atom stereocenters. The largest absolute Gasteiger partial charge is 0.482 e. The van der Waals surface area contributed by atoms with E-state index in [9.17, 15) is 19.2 Å². The molecule has 8 nitrogen and oxygen atoms in total. The zero-order valence-electron chi connectivity index (χ0n) is 17.9. The van der Waals surface area contributed by atoms with Crippen molar-refractivity contribution in [2.45, 2.75) is 70.6 Å². The molecule has 1 aliphatic heterocycles. The van der Waals surface area contributed by atoms with Crippen molar-refractivity contribution in [2.75, 3.05) is 18.5 Å². The summed E-state index contributed by atoms with van der Waals surface area (Å²) >= 11 is 0. The summed E-state index contributed by atoms with van der Waals surface area (Å²) in [7, 11) is 0. The Labute approximate surface area is 182 Å². The fraction of sp³-hybridized carbons (Fsp3) is 0.565. The van der Waals surface area contributed by atoms with Gasteiger partial charge in [0.2, 0.25) is 5.91 Å². The first kappa shape index (κ1) is 24.4. The molecule has 31 heavy (non-hydrogen) atoms. The van der Waals surface area contributed by atoms with E-state index in [4.69, 9.17) is 9.84 Å². The second-order valence-electron chi connectivity index (χ2n) is 7.79. The Bertz CT molecular complexity index is 777. The minimum atomic E-state index is -0.727. The summed E-state index contributed by atoms with van der Waals surface area (Å²) < 4.78 is 5.27. The van der Waals surface area contributed by atoms with Gasteiger partial charge in [0.25, 0.3) is 5.91 Å². The first-order valence-electron chi connectivity index (χ1n) is 11.0. The molecule has 2 rings (SSSR count). The molecule has 0 saturated carbocycles. The van der Waals surface area contributed by atoms with E-state index in [-0.39, 0.29) is 43.5 Å². The van der Waals surface area contributed by atoms with Gasteiger partial charge in [-0.15, -0.1) is 0 Å². The molecular formula is C23H32N2O6. The smallest absolute Gasteiger partial charge is 0.303 e. The van der Waals surface area contributed by atoms with Crippen LogP contribution in [0.2, 0.25) is 0 Å². The Morgan fingerprint density at radius 2 is 1.61 bits per heavy atom. The van der Waals surface area contributed by atoms with E-state index < -0.39 is 5.97 Å². The molecule has 1 aromatic rings. The number of carbonyl (C=O) groups excluding carboxylic acids is 3. The first-order chi connectivity index (χ1) is 15.0. The van der Waals surface area contributed by atoms with Crippen LogP contribution < -0.4 is 15.4 Å². The summed E-state index contributed by atoms with van der Waals surface area (Å²) in [5.74, 6) is -0.739. The van der Waals surface area contributed by atoms with E-state index in [2.05, 4.69) is 10.6 Å². The summed E-state index contributed by atoms with van der Waals surface area (Å²) in [6.45, 7) is 0.572. The molecule has 1 heterocycles. The molecule has 0 bridgehead atoms. The van der Waals surface area contributed by atoms with Crippen molar-refractivity contribution < 1.29 is 29.0 Å². The maximum Gasteiger partial charge on any atom is 0.303 e. The minimum absolute atomic E-state index is 0.0327. The SMILES string of the molecule is O=C(O)CCCCCCCCCCNC(=O)CCC(=O)c1ccc2c(c1)NC(=O)CO2. The van der Waals surface area contributed by atoms with Gasteiger partial charge in [0.05, 0.1) is 5.69 Å². The number of ether oxygens (including phenoxy) is 1. The normalized spacial score (nSPS) is 12.5. The first-order valence-corrected chi connectivity index (χ1v) is 11.0. The van der Waals surface area contributed by atoms with Crippen LogP contribution in [0.1, 0.15) is 81.0 Å². The van der Waals surface area contributed by atoms with Gasteiger partial charge in [-0.2, -0.15) is 0 Å². The lowest BCUT2D eigenvalue weighted by Crippen LogP contribution is -2.26. The number of carboxylic acids is 1. The molecule has 1 aromatic carbocycles. The number of nitrogens with one attached hydrogen (secondary N) is 2. The highest BCUT2D eigenvalue weighted by Gasteiger charge is 2.18. The molecule has 8 heteroatoms. The third-order valence-corrected chi connectivity index (χ3v) is 5.15. The van der Waals surface area contributed by atoms with E-state index >= 15 is 0 Å². The second kappa shape index (κ2) is 13.4. The van der Waals surface area contributed by atoms with Crippen LogP contribution in [0.5, 0.6) is 5.75 Å². The van der Waals surface area contributed by atoms with Gasteiger partial charge in [-0.1, -0.05) is 38.5 Å². The number of unbranched alkanes of at least 4 members (excludes halogenated alkanes) is 7. The predicted octanol–water partition coefficient (Wildman–Crippen LogP) is 3.69. The third-order valence-electron chi connectivity index (χ3n) is 5.15. The lowest BCUT2D eigenvalue weighted by molar-refractivity contribution is -0.137. The summed E-state index contributed by atoms with van der Waals surface area (Å²) in [5.41, 5.74) is 0.923. The van der Waals surface area contributed by atoms with E-state index in [1.54, 1.807) is 18.2 Å². The third kappa shape index (κ3) is 9.63. The number of fused-ring (bicyclic) bond motifs is 1. The number of Topliss-reactive ketones (excluding diaryl/α,β-unsaturated/α-hetero) is 1. The highest BCUT2D eigenvalue weighted by atomic mass is 16.5. The number of hydrogen-bond donors (Lipinski definition) is 3. The lowest BCUT2D eigenvalue weighted by atomic mass is 10.0. The topological polar surface area (TPSA) is 122 Å². The molecule has 0 atom stereocenters. The van der Waals surface area contributed by atoms with Crippen molar-refractivity contribution in [3.05, 3.63) is 23.8 Å². The number of hydrogen-bond acceptors (Lipinski definition) is 5. The number of carboxylic acid groups (broad SMARTS) is 1.